The van der Waals surface area contributed by atoms with Crippen LogP contribution in [0.5, 0.6) is 0 Å². The molecule has 13 heteroatoms. The summed E-state index contributed by atoms with van der Waals surface area (Å²) in [5, 5.41) is 3.14. The van der Waals surface area contributed by atoms with Crippen LogP contribution in [-0.2, 0) is 20.6 Å². The van der Waals surface area contributed by atoms with Crippen LogP contribution in [0.3, 0.4) is 0 Å². The highest BCUT2D eigenvalue weighted by Crippen LogP contribution is 2.68. The van der Waals surface area contributed by atoms with Gasteiger partial charge in [-0.15, -0.1) is 11.8 Å². The van der Waals surface area contributed by atoms with E-state index in [0.29, 0.717) is 12.2 Å². The van der Waals surface area contributed by atoms with Gasteiger partial charge in [-0.2, -0.15) is 13.2 Å². The molecule has 2 aliphatic heterocycles. The second-order valence-electron chi connectivity index (χ2n) is 10.4. The number of hydrogen-bond donors (Lipinski definition) is 2. The number of benzene rings is 1. The predicted molar refractivity (Wildman–Crippen MR) is 134 cm³/mol. The highest BCUT2D eigenvalue weighted by molar-refractivity contribution is 8.00. The Morgan fingerprint density at radius 1 is 1.10 bits per heavy atom. The quantitative estimate of drug-likeness (QED) is 0.452. The molecule has 2 saturated carbocycles. The second kappa shape index (κ2) is 8.59. The molecular formula is C26H20F3N3O5S2. The Morgan fingerprint density at radius 3 is 2.59 bits per heavy atom. The summed E-state index contributed by atoms with van der Waals surface area (Å²) in [6.07, 6.45) is -2.31. The highest BCUT2D eigenvalue weighted by Gasteiger charge is 2.69. The molecule has 3 amide bonds. The number of anilines is 1. The molecule has 4 heterocycles. The number of aromatic nitrogens is 1. The van der Waals surface area contributed by atoms with Crippen molar-refractivity contribution in [1.29, 1.82) is 0 Å². The van der Waals surface area contributed by atoms with Crippen molar-refractivity contribution in [2.24, 2.45) is 29.6 Å². The number of thioether (sulfide) groups is 1. The van der Waals surface area contributed by atoms with E-state index in [-0.39, 0.29) is 39.5 Å². The summed E-state index contributed by atoms with van der Waals surface area (Å²) in [5.41, 5.74) is -0.987. The minimum atomic E-state index is -4.57. The maximum atomic E-state index is 13.6. The monoisotopic (exact) mass is 575 g/mol. The number of nitrogens with one attached hydrogen (secondary N) is 2. The first-order valence-corrected chi connectivity index (χ1v) is 14.1. The third-order valence-electron chi connectivity index (χ3n) is 8.44. The zero-order valence-electron chi connectivity index (χ0n) is 19.9. The first kappa shape index (κ1) is 24.7. The Bertz CT molecular complexity index is 1560. The van der Waals surface area contributed by atoms with E-state index in [2.05, 4.69) is 10.3 Å². The molecule has 1 aromatic carbocycles. The third-order valence-corrected chi connectivity index (χ3v) is 11.0. The zero-order chi connectivity index (χ0) is 27.2. The van der Waals surface area contributed by atoms with Crippen molar-refractivity contribution in [2.75, 3.05) is 11.9 Å². The largest absolute Gasteiger partial charge is 0.469 e. The third kappa shape index (κ3) is 3.73. The number of H-pyrrole nitrogens is 1. The average Bonchev–Trinajstić information content (AvgIpc) is 3.69. The number of furan rings is 1. The fraction of sp³-hybridized carbons (Fsp3) is 0.385. The number of hydrogen-bond acceptors (Lipinski definition) is 7. The van der Waals surface area contributed by atoms with E-state index >= 15 is 0 Å². The van der Waals surface area contributed by atoms with Gasteiger partial charge < -0.3 is 14.7 Å². The van der Waals surface area contributed by atoms with Gasteiger partial charge >= 0.3 is 11.0 Å². The number of alkyl halides is 3. The number of rotatable bonds is 4. The normalized spacial score (nSPS) is 30.8. The molecule has 39 heavy (non-hydrogen) atoms. The van der Waals surface area contributed by atoms with E-state index < -0.39 is 47.8 Å². The van der Waals surface area contributed by atoms with E-state index in [1.54, 1.807) is 24.1 Å². The van der Waals surface area contributed by atoms with Crippen molar-refractivity contribution in [3.05, 3.63) is 68.5 Å². The molecule has 2 aromatic heterocycles. The topological polar surface area (TPSA) is 112 Å². The SMILES string of the molecule is O=C(CN1C(=O)[C@@H]2[C@H]3C[C@@H]([C@@H]2C1=O)[C@H]1[C@@H](c2ccco2)c2sc(=O)[nH]c2S[C@@H]31)Nc1cccc(C(F)(F)F)c1. The van der Waals surface area contributed by atoms with E-state index in [4.69, 9.17) is 4.42 Å². The summed E-state index contributed by atoms with van der Waals surface area (Å²) < 4.78 is 44.9. The Kier molecular flexibility index (Phi) is 5.44. The van der Waals surface area contributed by atoms with E-state index in [0.717, 1.165) is 38.3 Å². The molecular weight excluding hydrogens is 555 g/mol. The van der Waals surface area contributed by atoms with Crippen molar-refractivity contribution < 1.29 is 32.0 Å². The van der Waals surface area contributed by atoms with Crippen LogP contribution in [-0.4, -0.2) is 39.4 Å². The number of imide groups is 1. The van der Waals surface area contributed by atoms with Gasteiger partial charge in [-0.25, -0.2) is 0 Å². The van der Waals surface area contributed by atoms with E-state index in [1.807, 2.05) is 6.07 Å². The molecule has 4 aliphatic rings. The average molecular weight is 576 g/mol. The fourth-order valence-electron chi connectivity index (χ4n) is 7.14. The summed E-state index contributed by atoms with van der Waals surface area (Å²) in [4.78, 5) is 56.6. The predicted octanol–water partition coefficient (Wildman–Crippen LogP) is 4.16. The molecule has 0 spiro atoms. The lowest BCUT2D eigenvalue weighted by atomic mass is 9.69. The van der Waals surface area contributed by atoms with Crippen LogP contribution >= 0.6 is 23.1 Å². The maximum absolute atomic E-state index is 13.6. The standard InChI is InChI=1S/C26H20F3N3O5S2/c27-26(28,29)10-3-1-4-11(7-10)30-15(33)9-32-23(34)17-12-8-13(18(17)24(32)35)20-16(12)19(14-5-2-6-37-14)21-22(38-20)31-25(36)39-21/h1-7,12-13,16-20H,8-9H2,(H,30,33)(H,31,36)/t12-,13-,16+,17+,18-,19-,20+/m1/s1. The minimum absolute atomic E-state index is 0.0141. The number of nitrogens with zero attached hydrogens (tertiary/aromatic N) is 1. The van der Waals surface area contributed by atoms with E-state index in [1.165, 1.54) is 12.1 Å². The van der Waals surface area contributed by atoms with Gasteiger partial charge in [-0.1, -0.05) is 17.4 Å². The van der Waals surface area contributed by atoms with Gasteiger partial charge in [0.25, 0.3) is 0 Å². The van der Waals surface area contributed by atoms with Crippen molar-refractivity contribution in [2.45, 2.75) is 28.8 Å². The number of halogens is 3. The first-order chi connectivity index (χ1) is 18.6. The van der Waals surface area contributed by atoms with Crippen LogP contribution in [0.15, 0.2) is 56.9 Å². The molecule has 2 N–H and O–H groups in total. The highest BCUT2D eigenvalue weighted by atomic mass is 32.2. The Balaban J connectivity index is 1.14. The van der Waals surface area contributed by atoms with Gasteiger partial charge in [-0.05, 0) is 54.5 Å². The van der Waals surface area contributed by atoms with Gasteiger partial charge in [0.2, 0.25) is 17.7 Å². The Morgan fingerprint density at radius 2 is 1.87 bits per heavy atom. The summed E-state index contributed by atoms with van der Waals surface area (Å²) in [7, 11) is 0. The number of thiazole rings is 1. The number of likely N-dealkylation sites (tertiary alicyclic amines) is 1. The molecule has 2 bridgehead atoms. The molecule has 0 unspecified atom stereocenters. The molecule has 7 rings (SSSR count). The van der Waals surface area contributed by atoms with E-state index in [9.17, 15) is 32.3 Å². The number of amides is 3. The van der Waals surface area contributed by atoms with Crippen LogP contribution < -0.4 is 10.2 Å². The van der Waals surface area contributed by atoms with Crippen LogP contribution in [0.1, 0.15) is 28.5 Å². The van der Waals surface area contributed by atoms with Crippen LogP contribution in [0.4, 0.5) is 18.9 Å². The Hall–Kier alpha value is -3.32. The molecule has 8 nitrogen and oxygen atoms in total. The van der Waals surface area contributed by atoms with Gasteiger partial charge in [0.1, 0.15) is 12.3 Å². The van der Waals surface area contributed by atoms with Crippen LogP contribution in [0, 0.1) is 29.6 Å². The van der Waals surface area contributed by atoms with Crippen LogP contribution in [0.25, 0.3) is 0 Å². The molecule has 7 atom stereocenters. The molecule has 0 radical (unpaired) electrons. The number of aromatic amines is 1. The molecule has 202 valence electrons. The zero-order valence-corrected chi connectivity index (χ0v) is 21.6. The van der Waals surface area contributed by atoms with Crippen molar-refractivity contribution >= 4 is 46.5 Å². The van der Waals surface area contributed by atoms with Gasteiger partial charge in [0.15, 0.2) is 0 Å². The van der Waals surface area contributed by atoms with Crippen molar-refractivity contribution in [1.82, 2.24) is 9.88 Å². The van der Waals surface area contributed by atoms with Gasteiger partial charge in [-0.3, -0.25) is 24.1 Å². The second-order valence-corrected chi connectivity index (χ2v) is 12.6. The summed E-state index contributed by atoms with van der Waals surface area (Å²) >= 11 is 2.68. The Labute approximate surface area is 226 Å². The van der Waals surface area contributed by atoms with Crippen molar-refractivity contribution in [3.63, 3.8) is 0 Å². The summed E-state index contributed by atoms with van der Waals surface area (Å²) in [5.74, 6) is -2.53. The maximum Gasteiger partial charge on any atom is 0.416 e. The molecule has 3 aromatic rings. The lowest BCUT2D eigenvalue weighted by Crippen LogP contribution is -2.42. The minimum Gasteiger partial charge on any atom is -0.469 e. The fourth-order valence-corrected chi connectivity index (χ4v) is 10.0. The van der Waals surface area contributed by atoms with Gasteiger partial charge in [0, 0.05) is 10.9 Å². The lowest BCUT2D eigenvalue weighted by Gasteiger charge is -2.42. The number of carbonyl (C=O) groups is 3. The number of carbonyl (C=O) groups excluding carboxylic acids is 3. The molecule has 2 aliphatic carbocycles. The smallest absolute Gasteiger partial charge is 0.416 e. The first-order valence-electron chi connectivity index (χ1n) is 12.4. The number of fused-ring (bicyclic) bond motifs is 9. The molecule has 1 saturated heterocycles. The van der Waals surface area contributed by atoms with Gasteiger partial charge in [0.05, 0.1) is 39.5 Å². The van der Waals surface area contributed by atoms with Crippen LogP contribution in [0.2, 0.25) is 0 Å². The molecule has 3 fully saturated rings. The lowest BCUT2D eigenvalue weighted by molar-refractivity contribution is -0.143. The summed E-state index contributed by atoms with van der Waals surface area (Å²) in [6.45, 7) is -0.564. The summed E-state index contributed by atoms with van der Waals surface area (Å²) in [6, 6.07) is 7.83. The van der Waals surface area contributed by atoms with Crippen molar-refractivity contribution in [3.8, 4) is 0 Å².